The number of methoxy groups -OCH3 is 1. The number of benzene rings is 2. The van der Waals surface area contributed by atoms with Gasteiger partial charge in [-0.2, -0.15) is 0 Å². The van der Waals surface area contributed by atoms with E-state index in [0.29, 0.717) is 0 Å². The third-order valence-electron chi connectivity index (χ3n) is 7.14. The molecule has 2 heterocycles. The van der Waals surface area contributed by atoms with Crippen molar-refractivity contribution in [2.24, 2.45) is 0 Å². The van der Waals surface area contributed by atoms with Gasteiger partial charge >= 0.3 is 0 Å². The SMILES string of the molecule is CNC1(NC)c2ccsc2-c2c(OC)cc3c4c(ccc3c21)-c1sccc1C4(C)C. The van der Waals surface area contributed by atoms with Crippen molar-refractivity contribution in [2.45, 2.75) is 24.9 Å². The van der Waals surface area contributed by atoms with Crippen LogP contribution in [0.3, 0.4) is 0 Å². The fourth-order valence-corrected chi connectivity index (χ4v) is 7.91. The highest BCUT2D eigenvalue weighted by atomic mass is 32.1. The summed E-state index contributed by atoms with van der Waals surface area (Å²) < 4.78 is 6.01. The second-order valence-electron chi connectivity index (χ2n) is 8.61. The molecule has 0 saturated carbocycles. The lowest BCUT2D eigenvalue weighted by atomic mass is 9.79. The van der Waals surface area contributed by atoms with Crippen molar-refractivity contribution in [1.29, 1.82) is 0 Å². The number of nitrogens with one attached hydrogen (secondary N) is 2. The molecule has 2 N–H and O–H groups in total. The standard InChI is InChI=1S/C25H24N2OS2/c1-24(2)16-8-10-29-22(16)14-7-6-13-15(20(14)24)12-18(28-5)19-21(13)25(26-3,27-4)17-9-11-30-23(17)19/h6-12,26-27H,1-5H3. The van der Waals surface area contributed by atoms with Crippen LogP contribution in [0, 0.1) is 0 Å². The highest BCUT2D eigenvalue weighted by molar-refractivity contribution is 7.14. The third kappa shape index (κ3) is 1.93. The Morgan fingerprint density at radius 1 is 0.833 bits per heavy atom. The van der Waals surface area contributed by atoms with E-state index in [1.165, 1.54) is 53.9 Å². The zero-order valence-electron chi connectivity index (χ0n) is 17.8. The van der Waals surface area contributed by atoms with Crippen LogP contribution in [0.25, 0.3) is 31.7 Å². The van der Waals surface area contributed by atoms with Crippen molar-refractivity contribution in [2.75, 3.05) is 21.2 Å². The van der Waals surface area contributed by atoms with Crippen LogP contribution in [-0.2, 0) is 11.1 Å². The van der Waals surface area contributed by atoms with Gasteiger partial charge in [-0.15, -0.1) is 22.7 Å². The molecule has 0 fully saturated rings. The Bertz CT molecular complexity index is 1340. The Kier molecular flexibility index (Phi) is 3.68. The van der Waals surface area contributed by atoms with E-state index in [0.717, 1.165) is 5.75 Å². The predicted molar refractivity (Wildman–Crippen MR) is 128 cm³/mol. The maximum absolute atomic E-state index is 6.01. The molecular weight excluding hydrogens is 408 g/mol. The molecular formula is C25H24N2OS2. The zero-order valence-corrected chi connectivity index (χ0v) is 19.4. The highest BCUT2D eigenvalue weighted by Crippen LogP contribution is 2.59. The minimum absolute atomic E-state index is 0.0330. The van der Waals surface area contributed by atoms with Crippen LogP contribution in [0.4, 0.5) is 0 Å². The Labute approximate surface area is 184 Å². The molecule has 0 unspecified atom stereocenters. The molecule has 5 heteroatoms. The Morgan fingerprint density at radius 3 is 2.23 bits per heavy atom. The molecule has 2 aromatic carbocycles. The van der Waals surface area contributed by atoms with E-state index in [9.17, 15) is 0 Å². The van der Waals surface area contributed by atoms with Crippen molar-refractivity contribution < 1.29 is 4.74 Å². The fraction of sp³-hybridized carbons (Fsp3) is 0.280. The number of ether oxygens (including phenoxy) is 1. The second kappa shape index (κ2) is 5.95. The fourth-order valence-electron chi connectivity index (χ4n) is 5.81. The van der Waals surface area contributed by atoms with E-state index >= 15 is 0 Å². The normalized spacial score (nSPS) is 17.0. The molecule has 0 spiro atoms. The van der Waals surface area contributed by atoms with Gasteiger partial charge in [-0.25, -0.2) is 0 Å². The van der Waals surface area contributed by atoms with Gasteiger partial charge < -0.3 is 4.74 Å². The number of rotatable bonds is 3. The first-order valence-electron chi connectivity index (χ1n) is 10.2. The maximum Gasteiger partial charge on any atom is 0.128 e. The lowest BCUT2D eigenvalue weighted by Crippen LogP contribution is -2.50. The first-order chi connectivity index (χ1) is 14.5. The molecule has 0 bridgehead atoms. The molecule has 0 amide bonds. The van der Waals surface area contributed by atoms with Gasteiger partial charge in [0.2, 0.25) is 0 Å². The highest BCUT2D eigenvalue weighted by Gasteiger charge is 2.46. The maximum atomic E-state index is 6.01. The first kappa shape index (κ1) is 18.6. The largest absolute Gasteiger partial charge is 0.496 e. The van der Waals surface area contributed by atoms with Gasteiger partial charge in [0.15, 0.2) is 0 Å². The van der Waals surface area contributed by atoms with Crippen LogP contribution in [0.15, 0.2) is 41.1 Å². The van der Waals surface area contributed by atoms with E-state index < -0.39 is 5.66 Å². The molecule has 2 aromatic heterocycles. The van der Waals surface area contributed by atoms with E-state index in [1.54, 1.807) is 18.4 Å². The number of fused-ring (bicyclic) bond motifs is 9. The number of hydrogen-bond donors (Lipinski definition) is 2. The van der Waals surface area contributed by atoms with E-state index in [2.05, 4.69) is 65.6 Å². The monoisotopic (exact) mass is 432 g/mol. The van der Waals surface area contributed by atoms with Crippen molar-refractivity contribution in [1.82, 2.24) is 10.6 Å². The molecule has 0 saturated heterocycles. The van der Waals surface area contributed by atoms with Crippen LogP contribution in [-0.4, -0.2) is 21.2 Å². The minimum atomic E-state index is -0.431. The molecule has 6 rings (SSSR count). The van der Waals surface area contributed by atoms with E-state index in [-0.39, 0.29) is 5.41 Å². The third-order valence-corrected chi connectivity index (χ3v) is 9.02. The summed E-state index contributed by atoms with van der Waals surface area (Å²) in [6.07, 6.45) is 0. The minimum Gasteiger partial charge on any atom is -0.496 e. The molecule has 0 radical (unpaired) electrons. The van der Waals surface area contributed by atoms with Gasteiger partial charge in [-0.3, -0.25) is 10.6 Å². The summed E-state index contributed by atoms with van der Waals surface area (Å²) in [7, 11) is 5.86. The van der Waals surface area contributed by atoms with Gasteiger partial charge in [0.25, 0.3) is 0 Å². The average Bonchev–Trinajstić information content (AvgIpc) is 3.50. The average molecular weight is 433 g/mol. The van der Waals surface area contributed by atoms with Crippen molar-refractivity contribution in [3.05, 3.63) is 63.3 Å². The lowest BCUT2D eigenvalue weighted by molar-refractivity contribution is 0.383. The topological polar surface area (TPSA) is 33.3 Å². The van der Waals surface area contributed by atoms with E-state index in [4.69, 9.17) is 4.74 Å². The van der Waals surface area contributed by atoms with Gasteiger partial charge in [0.05, 0.1) is 7.11 Å². The van der Waals surface area contributed by atoms with Crippen molar-refractivity contribution >= 4 is 33.4 Å². The molecule has 2 aliphatic carbocycles. The number of hydrogen-bond acceptors (Lipinski definition) is 5. The number of thiophene rings is 2. The summed E-state index contributed by atoms with van der Waals surface area (Å²) in [6, 6.07) is 11.4. The lowest BCUT2D eigenvalue weighted by Gasteiger charge is -2.33. The van der Waals surface area contributed by atoms with Gasteiger partial charge in [-0.05, 0) is 70.5 Å². The van der Waals surface area contributed by atoms with Crippen LogP contribution in [0.1, 0.15) is 36.1 Å². The Hall–Kier alpha value is -2.18. The van der Waals surface area contributed by atoms with Crippen LogP contribution in [0.5, 0.6) is 5.75 Å². The van der Waals surface area contributed by atoms with Crippen LogP contribution < -0.4 is 15.4 Å². The summed E-state index contributed by atoms with van der Waals surface area (Å²) in [5.74, 6) is 0.952. The molecule has 4 aromatic rings. The molecule has 0 atom stereocenters. The van der Waals surface area contributed by atoms with Gasteiger partial charge in [0.1, 0.15) is 11.4 Å². The molecule has 152 valence electrons. The molecule has 30 heavy (non-hydrogen) atoms. The summed E-state index contributed by atoms with van der Waals surface area (Å²) in [5.41, 5.74) is 7.51. The van der Waals surface area contributed by atoms with Gasteiger partial charge in [0, 0.05) is 31.9 Å². The second-order valence-corrected chi connectivity index (χ2v) is 10.4. The zero-order chi connectivity index (χ0) is 20.8. The van der Waals surface area contributed by atoms with Crippen LogP contribution in [0.2, 0.25) is 0 Å². The predicted octanol–water partition coefficient (Wildman–Crippen LogP) is 5.90. The molecule has 3 nitrogen and oxygen atoms in total. The van der Waals surface area contributed by atoms with E-state index in [1.807, 2.05) is 25.4 Å². The Morgan fingerprint density at radius 2 is 1.53 bits per heavy atom. The van der Waals surface area contributed by atoms with Gasteiger partial charge in [-0.1, -0.05) is 26.0 Å². The summed E-state index contributed by atoms with van der Waals surface area (Å²) in [4.78, 5) is 2.69. The first-order valence-corrected chi connectivity index (χ1v) is 12.0. The molecule has 2 aliphatic rings. The molecule has 0 aliphatic heterocycles. The quantitative estimate of drug-likeness (QED) is 0.396. The van der Waals surface area contributed by atoms with Crippen molar-refractivity contribution in [3.8, 4) is 26.6 Å². The summed E-state index contributed by atoms with van der Waals surface area (Å²) in [6.45, 7) is 4.70. The summed E-state index contributed by atoms with van der Waals surface area (Å²) in [5, 5.41) is 14.2. The van der Waals surface area contributed by atoms with Crippen LogP contribution >= 0.6 is 22.7 Å². The van der Waals surface area contributed by atoms with Crippen molar-refractivity contribution in [3.63, 3.8) is 0 Å². The Balaban J connectivity index is 1.80. The smallest absolute Gasteiger partial charge is 0.128 e. The summed E-state index contributed by atoms with van der Waals surface area (Å²) >= 11 is 3.63.